The van der Waals surface area contributed by atoms with Gasteiger partial charge in [0.05, 0.1) is 40.1 Å². The van der Waals surface area contributed by atoms with Crippen molar-refractivity contribution in [3.8, 4) is 10.4 Å². The SMILES string of the molecule is C[C@@H](NC(=O)Nc1ccc(-c2cnc(C3CCC(N(C(=O)O)C4COC4)CC3)s2)c(S(=O)(=O)NC(C)(C)C)c1)c1ccccc1F. The maximum absolute atomic E-state index is 14.2. The average molecular weight is 674 g/mol. The molecule has 11 nitrogen and oxygen atoms in total. The Balaban J connectivity index is 1.35. The third kappa shape index (κ3) is 7.85. The molecule has 2 fully saturated rings. The van der Waals surface area contributed by atoms with Gasteiger partial charge in [0.25, 0.3) is 0 Å². The summed E-state index contributed by atoms with van der Waals surface area (Å²) >= 11 is 1.42. The third-order valence-electron chi connectivity index (χ3n) is 8.15. The lowest BCUT2D eigenvalue weighted by Gasteiger charge is -2.42. The number of nitrogens with zero attached hydrogens (tertiary/aromatic N) is 2. The summed E-state index contributed by atoms with van der Waals surface area (Å²) in [5, 5.41) is 16.0. The molecule has 2 aromatic carbocycles. The van der Waals surface area contributed by atoms with Crippen molar-refractivity contribution in [1.82, 2.24) is 19.9 Å². The number of aromatic nitrogens is 1. The predicted octanol–water partition coefficient (Wildman–Crippen LogP) is 6.31. The monoisotopic (exact) mass is 673 g/mol. The number of halogens is 1. The van der Waals surface area contributed by atoms with Gasteiger partial charge in [0.15, 0.2) is 0 Å². The van der Waals surface area contributed by atoms with Gasteiger partial charge in [0, 0.05) is 40.5 Å². The Morgan fingerprint density at radius 3 is 2.39 bits per heavy atom. The van der Waals surface area contributed by atoms with Crippen molar-refractivity contribution in [2.45, 2.75) is 87.9 Å². The molecule has 5 rings (SSSR count). The lowest BCUT2D eigenvalue weighted by atomic mass is 9.85. The second-order valence-electron chi connectivity index (χ2n) is 12.9. The number of ether oxygens (including phenoxy) is 1. The number of rotatable bonds is 9. The van der Waals surface area contributed by atoms with Gasteiger partial charge in [-0.25, -0.2) is 32.1 Å². The number of hydrogen-bond donors (Lipinski definition) is 4. The zero-order chi connectivity index (χ0) is 33.2. The fourth-order valence-corrected chi connectivity index (χ4v) is 8.80. The number of benzene rings is 2. The van der Waals surface area contributed by atoms with Crippen LogP contribution in [0.4, 0.5) is 19.7 Å². The van der Waals surface area contributed by atoms with Gasteiger partial charge in [-0.05, 0) is 71.6 Å². The van der Waals surface area contributed by atoms with Crippen molar-refractivity contribution in [1.29, 1.82) is 0 Å². The van der Waals surface area contributed by atoms with Gasteiger partial charge in [0.2, 0.25) is 10.0 Å². The topological polar surface area (TPSA) is 150 Å². The largest absolute Gasteiger partial charge is 0.465 e. The van der Waals surface area contributed by atoms with Crippen molar-refractivity contribution in [2.75, 3.05) is 18.5 Å². The van der Waals surface area contributed by atoms with Crippen LogP contribution in [0, 0.1) is 5.82 Å². The van der Waals surface area contributed by atoms with Crippen molar-refractivity contribution in [3.05, 3.63) is 65.0 Å². The first kappa shape index (κ1) is 33.8. The van der Waals surface area contributed by atoms with E-state index in [0.717, 1.165) is 30.7 Å². The Hall–Kier alpha value is -3.59. The number of amides is 3. The lowest BCUT2D eigenvalue weighted by molar-refractivity contribution is -0.0728. The number of anilines is 1. The molecular weight excluding hydrogens is 634 g/mol. The fraction of sp³-hybridized carbons (Fsp3) is 0.469. The summed E-state index contributed by atoms with van der Waals surface area (Å²) in [6.45, 7) is 7.76. The van der Waals surface area contributed by atoms with E-state index in [2.05, 4.69) is 20.3 Å². The maximum Gasteiger partial charge on any atom is 0.407 e. The van der Waals surface area contributed by atoms with Crippen molar-refractivity contribution in [2.24, 2.45) is 0 Å². The number of carboxylic acid groups (broad SMARTS) is 1. The minimum absolute atomic E-state index is 0.0129. The Kier molecular flexibility index (Phi) is 10.0. The highest BCUT2D eigenvalue weighted by molar-refractivity contribution is 7.89. The first-order valence-electron chi connectivity index (χ1n) is 15.3. The van der Waals surface area contributed by atoms with Crippen LogP contribution in [0.2, 0.25) is 0 Å². The van der Waals surface area contributed by atoms with Crippen LogP contribution in [-0.2, 0) is 14.8 Å². The van der Waals surface area contributed by atoms with Gasteiger partial charge >= 0.3 is 12.1 Å². The molecule has 4 N–H and O–H groups in total. The van der Waals surface area contributed by atoms with E-state index in [1.54, 1.807) is 69.1 Å². The highest BCUT2D eigenvalue weighted by atomic mass is 32.2. The molecule has 1 aromatic heterocycles. The molecule has 1 atom stereocenters. The summed E-state index contributed by atoms with van der Waals surface area (Å²) in [4.78, 5) is 31.6. The van der Waals surface area contributed by atoms with Crippen LogP contribution in [0.25, 0.3) is 10.4 Å². The molecule has 0 radical (unpaired) electrons. The zero-order valence-corrected chi connectivity index (χ0v) is 27.9. The summed E-state index contributed by atoms with van der Waals surface area (Å²) in [7, 11) is -4.04. The molecular formula is C32H40FN5O6S2. The van der Waals surface area contributed by atoms with Crippen LogP contribution in [0.3, 0.4) is 0 Å². The fourth-order valence-electron chi connectivity index (χ4n) is 5.95. The predicted molar refractivity (Wildman–Crippen MR) is 174 cm³/mol. The molecule has 1 saturated heterocycles. The molecule has 0 bridgehead atoms. The van der Waals surface area contributed by atoms with E-state index in [9.17, 15) is 27.5 Å². The summed E-state index contributed by atoms with van der Waals surface area (Å²) < 4.78 is 49.5. The van der Waals surface area contributed by atoms with Crippen LogP contribution in [0.5, 0.6) is 0 Å². The number of carbonyl (C=O) groups excluding carboxylic acids is 1. The minimum atomic E-state index is -4.04. The minimum Gasteiger partial charge on any atom is -0.465 e. The molecule has 248 valence electrons. The lowest BCUT2D eigenvalue weighted by Crippen LogP contribution is -2.56. The Labute approximate surface area is 272 Å². The smallest absolute Gasteiger partial charge is 0.407 e. The van der Waals surface area contributed by atoms with E-state index in [1.165, 1.54) is 23.5 Å². The quantitative estimate of drug-likeness (QED) is 0.208. The molecule has 1 aliphatic heterocycles. The van der Waals surface area contributed by atoms with Gasteiger partial charge in [-0.1, -0.05) is 24.3 Å². The molecule has 46 heavy (non-hydrogen) atoms. The number of sulfonamides is 1. The van der Waals surface area contributed by atoms with E-state index in [0.29, 0.717) is 29.2 Å². The number of thiazole rings is 1. The van der Waals surface area contributed by atoms with Crippen molar-refractivity contribution < 1.29 is 32.2 Å². The molecule has 1 saturated carbocycles. The number of urea groups is 1. The second-order valence-corrected chi connectivity index (χ2v) is 15.6. The van der Waals surface area contributed by atoms with Gasteiger partial charge < -0.3 is 20.5 Å². The van der Waals surface area contributed by atoms with Crippen LogP contribution < -0.4 is 15.4 Å². The van der Waals surface area contributed by atoms with E-state index in [4.69, 9.17) is 4.74 Å². The molecule has 0 spiro atoms. The van der Waals surface area contributed by atoms with Gasteiger partial charge in [-0.2, -0.15) is 0 Å². The van der Waals surface area contributed by atoms with E-state index in [-0.39, 0.29) is 28.6 Å². The van der Waals surface area contributed by atoms with E-state index >= 15 is 0 Å². The van der Waals surface area contributed by atoms with Crippen LogP contribution in [0.1, 0.15) is 75.9 Å². The first-order valence-corrected chi connectivity index (χ1v) is 17.6. The van der Waals surface area contributed by atoms with Gasteiger partial charge in [0.1, 0.15) is 5.82 Å². The third-order valence-corrected chi connectivity index (χ3v) is 11.1. The van der Waals surface area contributed by atoms with Crippen LogP contribution in [0.15, 0.2) is 53.6 Å². The van der Waals surface area contributed by atoms with Gasteiger partial charge in [-0.15, -0.1) is 11.3 Å². The normalized spacial score (nSPS) is 19.6. The zero-order valence-electron chi connectivity index (χ0n) is 26.2. The highest BCUT2D eigenvalue weighted by Crippen LogP contribution is 2.41. The summed E-state index contributed by atoms with van der Waals surface area (Å²) in [6, 6.07) is 9.43. The van der Waals surface area contributed by atoms with E-state index in [1.807, 2.05) is 0 Å². The van der Waals surface area contributed by atoms with Gasteiger partial charge in [-0.3, -0.25) is 4.90 Å². The van der Waals surface area contributed by atoms with Crippen molar-refractivity contribution >= 4 is 39.2 Å². The van der Waals surface area contributed by atoms with E-state index < -0.39 is 39.5 Å². The highest BCUT2D eigenvalue weighted by Gasteiger charge is 2.38. The molecule has 14 heteroatoms. The molecule has 3 amide bonds. The number of carbonyl (C=O) groups is 2. The Morgan fingerprint density at radius 1 is 1.09 bits per heavy atom. The van der Waals surface area contributed by atoms with Crippen LogP contribution >= 0.6 is 11.3 Å². The second kappa shape index (κ2) is 13.6. The first-order chi connectivity index (χ1) is 21.7. The van der Waals surface area contributed by atoms with Crippen LogP contribution in [-0.4, -0.2) is 66.4 Å². The maximum atomic E-state index is 14.2. The number of hydrogen-bond acceptors (Lipinski definition) is 7. The molecule has 2 aliphatic rings. The Morgan fingerprint density at radius 2 is 1.78 bits per heavy atom. The molecule has 0 unspecified atom stereocenters. The molecule has 2 heterocycles. The Bertz CT molecular complexity index is 1680. The summed E-state index contributed by atoms with van der Waals surface area (Å²) in [5.41, 5.74) is 0.257. The standard InChI is InChI=1S/C32H40FN5O6S2/c1-19(24-7-5-6-8-26(24)33)35-30(39)36-21-11-14-25(28(15-21)46(42,43)37-32(2,3)4)27-16-34-29(45-27)20-9-12-22(13-10-20)38(31(40)41)23-17-44-18-23/h5-8,11,14-16,19-20,22-23,37H,9-10,12-13,17-18H2,1-4H3,(H,40,41)(H2,35,36,39)/t19-,20?,22?/m1/s1. The average Bonchev–Trinajstić information content (AvgIpc) is 3.44. The van der Waals surface area contributed by atoms with Crippen molar-refractivity contribution in [3.63, 3.8) is 0 Å². The molecule has 1 aliphatic carbocycles. The number of nitrogens with one attached hydrogen (secondary N) is 3. The molecule has 3 aromatic rings. The summed E-state index contributed by atoms with van der Waals surface area (Å²) in [5.74, 6) is -0.304. The summed E-state index contributed by atoms with van der Waals surface area (Å²) in [6.07, 6.45) is 3.73.